The summed E-state index contributed by atoms with van der Waals surface area (Å²) in [4.78, 5) is 27.3. The van der Waals surface area contributed by atoms with E-state index >= 15 is 0 Å². The summed E-state index contributed by atoms with van der Waals surface area (Å²) in [6, 6.07) is 10.1. The summed E-state index contributed by atoms with van der Waals surface area (Å²) in [6.45, 7) is 1.14. The summed E-state index contributed by atoms with van der Waals surface area (Å²) in [5, 5.41) is 9.93. The molecule has 5 rings (SSSR count). The summed E-state index contributed by atoms with van der Waals surface area (Å²) in [6.07, 6.45) is 0.875. The van der Waals surface area contributed by atoms with Gasteiger partial charge in [-0.2, -0.15) is 0 Å². The number of fused-ring (bicyclic) bond motifs is 5. The third-order valence-electron chi connectivity index (χ3n) is 5.89. The predicted molar refractivity (Wildman–Crippen MR) is 96.1 cm³/mol. The average molecular weight is 368 g/mol. The van der Waals surface area contributed by atoms with Crippen LogP contribution in [0.4, 0.5) is 0 Å². The van der Waals surface area contributed by atoms with E-state index in [1.807, 2.05) is 11.0 Å². The van der Waals surface area contributed by atoms with E-state index in [2.05, 4.69) is 0 Å². The van der Waals surface area contributed by atoms with E-state index in [1.54, 1.807) is 28.8 Å². The number of piperidine rings is 1. The molecule has 0 radical (unpaired) electrons. The van der Waals surface area contributed by atoms with E-state index in [4.69, 9.17) is 9.47 Å². The van der Waals surface area contributed by atoms with Crippen molar-refractivity contribution < 1.29 is 19.4 Å². The third kappa shape index (κ3) is 2.53. The summed E-state index contributed by atoms with van der Waals surface area (Å²) in [5.74, 6) is 1.32. The maximum atomic E-state index is 13.1. The summed E-state index contributed by atoms with van der Waals surface area (Å²) >= 11 is 0. The predicted octanol–water partition coefficient (Wildman–Crippen LogP) is 1.37. The topological polar surface area (TPSA) is 81.0 Å². The maximum Gasteiger partial charge on any atom is 0.254 e. The maximum absolute atomic E-state index is 13.1. The van der Waals surface area contributed by atoms with E-state index in [1.165, 1.54) is 6.07 Å². The number of benzene rings is 1. The molecule has 27 heavy (non-hydrogen) atoms. The molecule has 1 aromatic heterocycles. The Bertz CT molecular complexity index is 969. The highest BCUT2D eigenvalue weighted by atomic mass is 16.7. The number of hydrogen-bond donors (Lipinski definition) is 1. The molecule has 1 aromatic carbocycles. The fourth-order valence-corrected chi connectivity index (χ4v) is 4.66. The first kappa shape index (κ1) is 16.4. The van der Waals surface area contributed by atoms with E-state index in [9.17, 15) is 14.7 Å². The lowest BCUT2D eigenvalue weighted by molar-refractivity contribution is 0.0437. The molecule has 2 aromatic rings. The molecule has 0 aliphatic carbocycles. The van der Waals surface area contributed by atoms with Crippen LogP contribution in [0.25, 0.3) is 0 Å². The van der Waals surface area contributed by atoms with Crippen molar-refractivity contribution in [2.24, 2.45) is 5.92 Å². The Labute approximate surface area is 155 Å². The van der Waals surface area contributed by atoms with Crippen LogP contribution in [0.15, 0.2) is 41.2 Å². The third-order valence-corrected chi connectivity index (χ3v) is 5.89. The quantitative estimate of drug-likeness (QED) is 0.866. The van der Waals surface area contributed by atoms with Crippen LogP contribution in [-0.2, 0) is 0 Å². The molecule has 1 amide bonds. The van der Waals surface area contributed by atoms with Crippen LogP contribution >= 0.6 is 0 Å². The monoisotopic (exact) mass is 368 g/mol. The smallest absolute Gasteiger partial charge is 0.254 e. The van der Waals surface area contributed by atoms with Crippen molar-refractivity contribution in [2.45, 2.75) is 18.4 Å². The highest BCUT2D eigenvalue weighted by Crippen LogP contribution is 2.41. The number of ether oxygens (including phenoxy) is 2. The second kappa shape index (κ2) is 6.13. The Morgan fingerprint density at radius 1 is 1.15 bits per heavy atom. The van der Waals surface area contributed by atoms with Crippen LogP contribution in [0.2, 0.25) is 0 Å². The summed E-state index contributed by atoms with van der Waals surface area (Å²) < 4.78 is 12.4. The number of hydrogen-bond acceptors (Lipinski definition) is 5. The molecular formula is C20H20N2O5. The molecule has 3 aliphatic rings. The molecule has 1 N–H and O–H groups in total. The van der Waals surface area contributed by atoms with Crippen molar-refractivity contribution in [2.75, 3.05) is 26.5 Å². The zero-order chi connectivity index (χ0) is 18.5. The van der Waals surface area contributed by atoms with Gasteiger partial charge < -0.3 is 24.0 Å². The molecule has 2 bridgehead atoms. The molecule has 140 valence electrons. The minimum Gasteiger partial charge on any atom is -0.454 e. The minimum absolute atomic E-state index is 0.0549. The first-order valence-corrected chi connectivity index (χ1v) is 9.17. The van der Waals surface area contributed by atoms with Crippen LogP contribution in [0, 0.1) is 5.92 Å². The van der Waals surface area contributed by atoms with Gasteiger partial charge in [0.05, 0.1) is 12.6 Å². The van der Waals surface area contributed by atoms with Crippen molar-refractivity contribution in [1.82, 2.24) is 9.47 Å². The van der Waals surface area contributed by atoms with Crippen LogP contribution in [-0.4, -0.2) is 47.0 Å². The molecule has 1 saturated heterocycles. The normalized spacial score (nSPS) is 25.2. The number of nitrogens with zero attached hydrogens (tertiary/aromatic N) is 2. The highest BCUT2D eigenvalue weighted by Gasteiger charge is 2.41. The van der Waals surface area contributed by atoms with Gasteiger partial charge in [0.1, 0.15) is 0 Å². The van der Waals surface area contributed by atoms with Crippen molar-refractivity contribution in [1.29, 1.82) is 0 Å². The van der Waals surface area contributed by atoms with E-state index in [0.717, 1.165) is 12.1 Å². The van der Waals surface area contributed by atoms with Gasteiger partial charge in [0.25, 0.3) is 11.5 Å². The van der Waals surface area contributed by atoms with Crippen molar-refractivity contribution in [3.63, 3.8) is 0 Å². The fraction of sp³-hybridized carbons (Fsp3) is 0.400. The van der Waals surface area contributed by atoms with Gasteiger partial charge in [0.15, 0.2) is 11.5 Å². The van der Waals surface area contributed by atoms with Crippen molar-refractivity contribution in [3.8, 4) is 11.5 Å². The summed E-state index contributed by atoms with van der Waals surface area (Å²) in [7, 11) is 0. The number of carbonyl (C=O) groups excluding carboxylic acids is 1. The lowest BCUT2D eigenvalue weighted by Gasteiger charge is -2.46. The van der Waals surface area contributed by atoms with Crippen LogP contribution < -0.4 is 15.0 Å². The Balaban J connectivity index is 1.47. The SMILES string of the molecule is O=C(c1ccc2c(c1)OCO2)N1C[C@H]2C[C@@H](C1)[C@H](CO)n1c2cccc1=O. The lowest BCUT2D eigenvalue weighted by Crippen LogP contribution is -2.51. The summed E-state index contributed by atoms with van der Waals surface area (Å²) in [5.41, 5.74) is 1.38. The van der Waals surface area contributed by atoms with Crippen LogP contribution in [0.1, 0.15) is 34.4 Å². The second-order valence-electron chi connectivity index (χ2n) is 7.38. The minimum atomic E-state index is -0.294. The number of amides is 1. The van der Waals surface area contributed by atoms with Gasteiger partial charge in [-0.15, -0.1) is 0 Å². The zero-order valence-corrected chi connectivity index (χ0v) is 14.7. The molecular weight excluding hydrogens is 348 g/mol. The first-order chi connectivity index (χ1) is 13.2. The molecule has 0 unspecified atom stereocenters. The molecule has 3 atom stereocenters. The largest absolute Gasteiger partial charge is 0.454 e. The van der Waals surface area contributed by atoms with E-state index in [0.29, 0.717) is 30.2 Å². The number of rotatable bonds is 2. The van der Waals surface area contributed by atoms with E-state index in [-0.39, 0.29) is 42.7 Å². The first-order valence-electron chi connectivity index (χ1n) is 9.17. The number of likely N-dealkylation sites (tertiary alicyclic amines) is 1. The second-order valence-corrected chi connectivity index (χ2v) is 7.38. The lowest BCUT2D eigenvalue weighted by atomic mass is 9.78. The van der Waals surface area contributed by atoms with Gasteiger partial charge in [-0.05, 0) is 30.7 Å². The standard InChI is InChI=1S/C20H20N2O5/c23-10-16-14-6-13(15-2-1-3-19(24)22(15)16)8-21(9-14)20(25)12-4-5-17-18(7-12)27-11-26-17/h1-5,7,13-14,16,23H,6,8-11H2/t13-,14+,16+/m1/s1. The fourth-order valence-electron chi connectivity index (χ4n) is 4.66. The van der Waals surface area contributed by atoms with Crippen LogP contribution in [0.3, 0.4) is 0 Å². The molecule has 1 fully saturated rings. The number of aliphatic hydroxyl groups excluding tert-OH is 1. The Morgan fingerprint density at radius 3 is 2.85 bits per heavy atom. The number of pyridine rings is 1. The van der Waals surface area contributed by atoms with Gasteiger partial charge in [0, 0.05) is 42.2 Å². The van der Waals surface area contributed by atoms with Crippen molar-refractivity contribution >= 4 is 5.91 Å². The van der Waals surface area contributed by atoms with Gasteiger partial charge in [-0.1, -0.05) is 6.07 Å². The molecule has 7 heteroatoms. The Hall–Kier alpha value is -2.80. The molecule has 4 heterocycles. The van der Waals surface area contributed by atoms with Crippen molar-refractivity contribution in [3.05, 3.63) is 58.0 Å². The molecule has 0 saturated carbocycles. The molecule has 7 nitrogen and oxygen atoms in total. The number of carbonyl (C=O) groups is 1. The Morgan fingerprint density at radius 2 is 2.00 bits per heavy atom. The van der Waals surface area contributed by atoms with Gasteiger partial charge in [0.2, 0.25) is 6.79 Å². The van der Waals surface area contributed by atoms with E-state index < -0.39 is 0 Å². The molecule has 3 aliphatic heterocycles. The van der Waals surface area contributed by atoms with Crippen LogP contribution in [0.5, 0.6) is 11.5 Å². The van der Waals surface area contributed by atoms with Gasteiger partial charge in [-0.25, -0.2) is 0 Å². The van der Waals surface area contributed by atoms with Gasteiger partial charge in [-0.3, -0.25) is 9.59 Å². The number of aliphatic hydroxyl groups is 1. The number of aromatic nitrogens is 1. The Kier molecular flexibility index (Phi) is 3.72. The molecule has 0 spiro atoms. The average Bonchev–Trinajstić information content (AvgIpc) is 3.16. The highest BCUT2D eigenvalue weighted by molar-refractivity contribution is 5.95. The van der Waals surface area contributed by atoms with Gasteiger partial charge >= 0.3 is 0 Å². The zero-order valence-electron chi connectivity index (χ0n) is 14.7.